The molecule has 5 nitrogen and oxygen atoms in total. The molecular weight excluding hydrogens is 256 g/mol. The Hall–Kier alpha value is -1.95. The number of nitrogens with zero attached hydrogens (tertiary/aromatic N) is 3. The molecule has 1 aromatic heterocycles. The maximum Gasteiger partial charge on any atom is 0.144 e. The third-order valence-electron chi connectivity index (χ3n) is 2.70. The molecule has 1 heterocycles. The summed E-state index contributed by atoms with van der Waals surface area (Å²) in [6.07, 6.45) is 1.74. The van der Waals surface area contributed by atoms with E-state index in [4.69, 9.17) is 4.74 Å². The Bertz CT molecular complexity index is 586. The molecule has 0 saturated heterocycles. The van der Waals surface area contributed by atoms with E-state index < -0.39 is 8.07 Å². The Morgan fingerprint density at radius 3 is 2.63 bits per heavy atom. The predicted octanol–water partition coefficient (Wildman–Crippen LogP) is 2.11. The van der Waals surface area contributed by atoms with Crippen LogP contribution in [0.2, 0.25) is 19.6 Å². The van der Waals surface area contributed by atoms with Crippen LogP contribution in [0.25, 0.3) is 0 Å². The molecule has 1 aromatic carbocycles. The summed E-state index contributed by atoms with van der Waals surface area (Å²) in [4.78, 5) is 4.44. The highest BCUT2D eigenvalue weighted by atomic mass is 28.3. The highest BCUT2D eigenvalue weighted by Crippen LogP contribution is 2.25. The molecule has 0 unspecified atom stereocenters. The number of rotatable bonds is 4. The lowest BCUT2D eigenvalue weighted by Gasteiger charge is -2.11. The number of aliphatic imine (C=N–C) groups is 1. The van der Waals surface area contributed by atoms with Gasteiger partial charge in [0.25, 0.3) is 0 Å². The Balaban J connectivity index is 2.31. The molecule has 0 radical (unpaired) electrons. The van der Waals surface area contributed by atoms with E-state index >= 15 is 0 Å². The topological polar surface area (TPSA) is 63.2 Å². The largest absolute Gasteiger partial charge is 0.494 e. The molecule has 0 saturated carbocycles. The average molecular weight is 274 g/mol. The number of aromatic amines is 1. The Labute approximate surface area is 113 Å². The summed E-state index contributed by atoms with van der Waals surface area (Å²) < 4.78 is 5.26. The van der Waals surface area contributed by atoms with Crippen molar-refractivity contribution in [1.29, 1.82) is 0 Å². The zero-order chi connectivity index (χ0) is 13.9. The molecule has 100 valence electrons. The van der Waals surface area contributed by atoms with E-state index in [1.165, 1.54) is 0 Å². The van der Waals surface area contributed by atoms with Crippen LogP contribution in [0.5, 0.6) is 5.75 Å². The SMILES string of the molecule is COc1ccccc1N=Cc1n[nH]nc1[Si](C)(C)C. The van der Waals surface area contributed by atoms with E-state index in [9.17, 15) is 0 Å². The summed E-state index contributed by atoms with van der Waals surface area (Å²) in [6, 6.07) is 7.64. The molecule has 0 atom stereocenters. The van der Waals surface area contributed by atoms with Crippen molar-refractivity contribution < 1.29 is 4.74 Å². The van der Waals surface area contributed by atoms with Gasteiger partial charge in [-0.25, -0.2) is 0 Å². The van der Waals surface area contributed by atoms with E-state index in [0.717, 1.165) is 22.4 Å². The summed E-state index contributed by atoms with van der Waals surface area (Å²) >= 11 is 0. The lowest BCUT2D eigenvalue weighted by atomic mass is 10.3. The van der Waals surface area contributed by atoms with Crippen LogP contribution in [0, 0.1) is 0 Å². The summed E-state index contributed by atoms with van der Waals surface area (Å²) in [5.41, 5.74) is 1.60. The second-order valence-corrected chi connectivity index (χ2v) is 10.2. The van der Waals surface area contributed by atoms with Gasteiger partial charge in [-0.1, -0.05) is 31.8 Å². The fourth-order valence-corrected chi connectivity index (χ4v) is 3.02. The summed E-state index contributed by atoms with van der Waals surface area (Å²) in [6.45, 7) is 6.68. The monoisotopic (exact) mass is 274 g/mol. The molecule has 0 fully saturated rings. The molecular formula is C13H18N4OSi. The van der Waals surface area contributed by atoms with Crippen molar-refractivity contribution in [3.8, 4) is 5.75 Å². The molecule has 2 rings (SSSR count). The maximum atomic E-state index is 5.26. The summed E-state index contributed by atoms with van der Waals surface area (Å²) in [7, 11) is 0.124. The quantitative estimate of drug-likeness (QED) is 0.686. The number of hydrogen-bond donors (Lipinski definition) is 1. The molecule has 2 aromatic rings. The van der Waals surface area contributed by atoms with Crippen molar-refractivity contribution in [3.05, 3.63) is 30.0 Å². The van der Waals surface area contributed by atoms with Gasteiger partial charge in [0.1, 0.15) is 25.2 Å². The fraction of sp³-hybridized carbons (Fsp3) is 0.308. The van der Waals surface area contributed by atoms with Crippen LogP contribution in [0.3, 0.4) is 0 Å². The van der Waals surface area contributed by atoms with Gasteiger partial charge in [-0.2, -0.15) is 15.4 Å². The van der Waals surface area contributed by atoms with Crippen LogP contribution in [0.15, 0.2) is 29.3 Å². The number of nitrogens with one attached hydrogen (secondary N) is 1. The lowest BCUT2D eigenvalue weighted by Crippen LogP contribution is -2.41. The van der Waals surface area contributed by atoms with E-state index in [1.54, 1.807) is 13.3 Å². The van der Waals surface area contributed by atoms with Crippen LogP contribution in [0.4, 0.5) is 5.69 Å². The Kier molecular flexibility index (Phi) is 3.80. The normalized spacial score (nSPS) is 12.0. The van der Waals surface area contributed by atoms with E-state index in [0.29, 0.717) is 0 Å². The molecule has 0 aliphatic heterocycles. The molecule has 0 spiro atoms. The van der Waals surface area contributed by atoms with Crippen LogP contribution in [-0.2, 0) is 0 Å². The number of benzene rings is 1. The Morgan fingerprint density at radius 2 is 1.95 bits per heavy atom. The molecule has 0 amide bonds. The van der Waals surface area contributed by atoms with Crippen LogP contribution < -0.4 is 10.1 Å². The van der Waals surface area contributed by atoms with Crippen LogP contribution in [-0.4, -0.2) is 36.8 Å². The van der Waals surface area contributed by atoms with Gasteiger partial charge in [0.15, 0.2) is 0 Å². The van der Waals surface area contributed by atoms with Crippen molar-refractivity contribution in [3.63, 3.8) is 0 Å². The zero-order valence-corrected chi connectivity index (χ0v) is 12.6. The average Bonchev–Trinajstić information content (AvgIpc) is 2.85. The molecule has 0 aliphatic carbocycles. The van der Waals surface area contributed by atoms with Crippen LogP contribution in [0.1, 0.15) is 5.69 Å². The van der Waals surface area contributed by atoms with E-state index in [2.05, 4.69) is 40.0 Å². The first-order valence-corrected chi connectivity index (χ1v) is 9.60. The van der Waals surface area contributed by atoms with Gasteiger partial charge in [-0.15, -0.1) is 0 Å². The van der Waals surface area contributed by atoms with Crippen molar-refractivity contribution in [2.45, 2.75) is 19.6 Å². The lowest BCUT2D eigenvalue weighted by molar-refractivity contribution is 0.416. The highest BCUT2D eigenvalue weighted by molar-refractivity contribution is 6.88. The van der Waals surface area contributed by atoms with Gasteiger partial charge in [0.2, 0.25) is 0 Å². The summed E-state index contributed by atoms with van der Waals surface area (Å²) in [5, 5.41) is 12.1. The number of hydrogen-bond acceptors (Lipinski definition) is 4. The van der Waals surface area contributed by atoms with Crippen molar-refractivity contribution in [1.82, 2.24) is 15.4 Å². The van der Waals surface area contributed by atoms with Crippen LogP contribution >= 0.6 is 0 Å². The number of H-pyrrole nitrogens is 1. The summed E-state index contributed by atoms with van der Waals surface area (Å²) in [5.74, 6) is 0.747. The maximum absolute atomic E-state index is 5.26. The Morgan fingerprint density at radius 1 is 1.21 bits per heavy atom. The van der Waals surface area contributed by atoms with Gasteiger partial charge < -0.3 is 4.74 Å². The molecule has 6 heteroatoms. The first-order chi connectivity index (χ1) is 9.02. The molecule has 0 bridgehead atoms. The van der Waals surface area contributed by atoms with Gasteiger partial charge in [-0.05, 0) is 12.1 Å². The van der Waals surface area contributed by atoms with Gasteiger partial charge in [-0.3, -0.25) is 4.99 Å². The number of para-hydroxylation sites is 2. The first-order valence-electron chi connectivity index (χ1n) is 6.10. The second kappa shape index (κ2) is 5.36. The number of ether oxygens (including phenoxy) is 1. The van der Waals surface area contributed by atoms with Crippen molar-refractivity contribution in [2.75, 3.05) is 7.11 Å². The fourth-order valence-electron chi connectivity index (χ4n) is 1.75. The minimum atomic E-state index is -1.51. The van der Waals surface area contributed by atoms with E-state index in [1.807, 2.05) is 24.3 Å². The standard InChI is InChI=1S/C13H18N4OSi/c1-18-12-8-6-5-7-10(12)14-9-11-13(16-17-15-11)19(2,3)4/h5-9H,1-4H3,(H,15,16,17). The third-order valence-corrected chi connectivity index (χ3v) is 4.49. The van der Waals surface area contributed by atoms with Gasteiger partial charge >= 0.3 is 0 Å². The first kappa shape index (κ1) is 13.5. The van der Waals surface area contributed by atoms with Crippen molar-refractivity contribution in [2.24, 2.45) is 4.99 Å². The molecule has 0 aliphatic rings. The van der Waals surface area contributed by atoms with Gasteiger partial charge in [0, 0.05) is 0 Å². The minimum Gasteiger partial charge on any atom is -0.494 e. The number of methoxy groups -OCH3 is 1. The molecule has 1 N–H and O–H groups in total. The van der Waals surface area contributed by atoms with Gasteiger partial charge in [0.05, 0.1) is 18.6 Å². The minimum absolute atomic E-state index is 0.747. The van der Waals surface area contributed by atoms with Crippen molar-refractivity contribution >= 4 is 25.3 Å². The van der Waals surface area contributed by atoms with E-state index in [-0.39, 0.29) is 0 Å². The molecule has 19 heavy (non-hydrogen) atoms. The smallest absolute Gasteiger partial charge is 0.144 e. The third kappa shape index (κ3) is 3.08. The highest BCUT2D eigenvalue weighted by Gasteiger charge is 2.23. The number of aromatic nitrogens is 3. The second-order valence-electron chi connectivity index (χ2n) is 5.24. The predicted molar refractivity (Wildman–Crippen MR) is 79.6 cm³/mol. The zero-order valence-electron chi connectivity index (χ0n) is 11.6.